The average Bonchev–Trinajstić information content (AvgIpc) is 1.78. The maximum atomic E-state index is 12.8. The van der Waals surface area contributed by atoms with Gasteiger partial charge in [-0.1, -0.05) is 48.5 Å². The van der Waals surface area contributed by atoms with Crippen molar-refractivity contribution in [2.75, 3.05) is 143 Å². The zero-order valence-electron chi connectivity index (χ0n) is 76.4. The predicted molar refractivity (Wildman–Crippen MR) is 469 cm³/mol. The number of sulfone groups is 1. The van der Waals surface area contributed by atoms with Crippen LogP contribution in [0.3, 0.4) is 0 Å². The second-order valence-electron chi connectivity index (χ2n) is 33.9. The van der Waals surface area contributed by atoms with Crippen molar-refractivity contribution in [2.24, 2.45) is 69.6 Å². The number of aryl methyl sites for hydroxylation is 10. The Labute approximate surface area is 713 Å². The smallest absolute Gasteiger partial charge is 0.317 e. The summed E-state index contributed by atoms with van der Waals surface area (Å²) in [5, 5.41) is 27.5. The number of aromatic amines is 1. The van der Waals surface area contributed by atoms with E-state index in [0.717, 1.165) is 188 Å². The molecule has 680 valence electrons. The maximum absolute atomic E-state index is 12.8. The van der Waals surface area contributed by atoms with Crippen LogP contribution in [0.5, 0.6) is 0 Å². The predicted octanol–water partition coefficient (Wildman–Crippen LogP) is 11.8. The average molecular weight is 1720 g/mol. The fraction of sp³-hybridized carbons (Fsp3) is 0.744. The number of oxazole rings is 1. The Bertz CT molecular complexity index is 3730. The molecule has 3 N–H and O–H groups in total. The number of imidazole rings is 3. The molecule has 8 aliphatic rings. The van der Waals surface area contributed by atoms with Gasteiger partial charge in [-0.25, -0.2) is 45.5 Å². The number of aromatic nitrogens is 11. The van der Waals surface area contributed by atoms with Gasteiger partial charge in [0.1, 0.15) is 34.2 Å². The highest BCUT2D eigenvalue weighted by atomic mass is 32.2. The van der Waals surface area contributed by atoms with Gasteiger partial charge in [0.2, 0.25) is 21.8 Å². The molecule has 8 fully saturated rings. The molecule has 119 heavy (non-hydrogen) atoms. The number of ether oxygens (including phenoxy) is 2. The molecule has 14 rings (SSSR count). The molecule has 0 bridgehead atoms. The van der Waals surface area contributed by atoms with Gasteiger partial charge in [0.25, 0.3) is 5.89 Å². The molecular formula is C86H154FN17O13S2. The summed E-state index contributed by atoms with van der Waals surface area (Å²) >= 11 is 0. The number of carboxylic acids is 1. The number of halogens is 1. The molecule has 0 spiro atoms. The third-order valence-corrected chi connectivity index (χ3v) is 24.5. The molecule has 30 nitrogen and oxygen atoms in total. The lowest BCUT2D eigenvalue weighted by Crippen LogP contribution is -2.42. The summed E-state index contributed by atoms with van der Waals surface area (Å²) in [6.45, 7) is 41.1. The minimum atomic E-state index is -2.92. The van der Waals surface area contributed by atoms with Crippen LogP contribution < -0.4 is 0 Å². The Morgan fingerprint density at radius 1 is 0.605 bits per heavy atom. The van der Waals surface area contributed by atoms with E-state index in [-0.39, 0.29) is 36.8 Å². The first-order valence-electron chi connectivity index (χ1n) is 42.7. The van der Waals surface area contributed by atoms with Crippen LogP contribution in [0.25, 0.3) is 0 Å². The van der Waals surface area contributed by atoms with E-state index in [4.69, 9.17) is 24.1 Å². The number of likely N-dealkylation sites (N-methyl/N-ethyl adjacent to an activating group) is 1. The normalized spacial score (nSPS) is 18.7. The molecule has 6 aromatic rings. The molecule has 8 saturated heterocycles. The number of aliphatic hydroxyl groups excluding tert-OH is 1. The summed E-state index contributed by atoms with van der Waals surface area (Å²) in [6, 6.07) is 3.89. The number of alkyl halides is 1. The van der Waals surface area contributed by atoms with E-state index in [2.05, 4.69) is 83.7 Å². The van der Waals surface area contributed by atoms with Crippen molar-refractivity contribution in [1.29, 1.82) is 0 Å². The number of amides is 3. The van der Waals surface area contributed by atoms with Gasteiger partial charge in [-0.15, -0.1) is 0 Å². The molecule has 0 atom stereocenters. The van der Waals surface area contributed by atoms with Crippen molar-refractivity contribution in [3.05, 3.63) is 108 Å². The van der Waals surface area contributed by atoms with Crippen molar-refractivity contribution in [3.63, 3.8) is 0 Å². The zero-order valence-corrected chi connectivity index (χ0v) is 78.0. The summed E-state index contributed by atoms with van der Waals surface area (Å²) in [4.78, 5) is 69.9. The lowest BCUT2D eigenvalue weighted by Gasteiger charge is -2.31. The molecule has 0 saturated carbocycles. The molecule has 14 heterocycles. The van der Waals surface area contributed by atoms with Crippen LogP contribution in [0.2, 0.25) is 0 Å². The maximum Gasteiger partial charge on any atom is 0.317 e. The molecule has 0 unspecified atom stereocenters. The third-order valence-electron chi connectivity index (χ3n) is 21.5. The topological polar surface area (TPSA) is 341 Å². The number of likely N-dealkylation sites (tertiary alicyclic amines) is 4. The number of aliphatic carboxylic acids is 1. The van der Waals surface area contributed by atoms with Gasteiger partial charge >= 0.3 is 11.9 Å². The van der Waals surface area contributed by atoms with Gasteiger partial charge in [-0.3, -0.25) is 33.9 Å². The molecule has 6 aromatic heterocycles. The minimum Gasteiger partial charge on any atom is -0.480 e. The first-order chi connectivity index (χ1) is 56.0. The highest BCUT2D eigenvalue weighted by Crippen LogP contribution is 2.25. The minimum absolute atomic E-state index is 0.0816. The number of hydrogen-bond acceptors (Lipinski definition) is 20. The number of nitrogens with one attached hydrogen (secondary N) is 1. The van der Waals surface area contributed by atoms with Gasteiger partial charge in [0.15, 0.2) is 0 Å². The standard InChI is InChI=1S/C10H14N2O2.C10H20N2O.2C8H15NO2.C7H15NO2S.C6H11FO.C6H10N2.C6H12O2S.C6H12O.3C5H8N2.C4H6N2/c1-8-2-5-12(6-3-8)10(13)9-11-4-7-14-9;1-9-4-6-12(7-5-9)10(13)8-11(2)3;1-7-2-4-9(5-3-7)8(11)6-10;1-7-2-4-9(5-3-7)6-8(10)11;1-7-3-5-8(6-4-7)11(2,9)10;1-6(7)2-4-8-5-3-6;1-5-4-8(3)6(2)7-5;1-6-2-4-9(7,8)5-3-6;1-6-2-4-7-5-3-6;1-5-3-7(2)4-6-5;1-5-3-6-4-7(5)2;1-5-3-4-7(2)6-5;1-4-2-3-5-6-4/h4,7-8H,2-3,5-6H2,1H3;9H,4-8H2,1-3H3;7,10H,2-6H2,1H3;7H,2-6H2,1H3,(H,10,11);7H,3-6H2,1-2H3;2-5H2,1H3;4H,1-3H3;6H,2-5H2,1H3;6H,2-5H2,1H3;3*3-4H,1-2H3;2-3H,1H3,(H,5,6). The second kappa shape index (κ2) is 58.7. The van der Waals surface area contributed by atoms with Crippen LogP contribution >= 0.6 is 0 Å². The van der Waals surface area contributed by atoms with Gasteiger partial charge in [-0.2, -0.15) is 10.2 Å². The molecular weight excluding hydrogens is 1560 g/mol. The van der Waals surface area contributed by atoms with E-state index in [1.165, 1.54) is 50.1 Å². The van der Waals surface area contributed by atoms with Crippen molar-refractivity contribution < 1.29 is 64.5 Å². The summed E-state index contributed by atoms with van der Waals surface area (Å²) in [6.07, 6.45) is 33.6. The fourth-order valence-corrected chi connectivity index (χ4v) is 15.2. The van der Waals surface area contributed by atoms with Crippen LogP contribution in [0.1, 0.15) is 203 Å². The van der Waals surface area contributed by atoms with E-state index in [1.807, 2.05) is 154 Å². The largest absolute Gasteiger partial charge is 0.480 e. The van der Waals surface area contributed by atoms with E-state index >= 15 is 0 Å². The van der Waals surface area contributed by atoms with Crippen molar-refractivity contribution >= 4 is 43.6 Å². The van der Waals surface area contributed by atoms with E-state index < -0.39 is 31.5 Å². The Hall–Kier alpha value is -7.27. The van der Waals surface area contributed by atoms with Crippen LogP contribution in [0.4, 0.5) is 4.39 Å². The van der Waals surface area contributed by atoms with E-state index in [0.29, 0.717) is 69.0 Å². The lowest BCUT2D eigenvalue weighted by atomic mass is 9.99. The van der Waals surface area contributed by atoms with Gasteiger partial charge in [0, 0.05) is 162 Å². The number of aliphatic hydroxyl groups is 1. The van der Waals surface area contributed by atoms with Gasteiger partial charge < -0.3 is 57.4 Å². The number of rotatable bonds is 7. The Morgan fingerprint density at radius 2 is 1.08 bits per heavy atom. The lowest BCUT2D eigenvalue weighted by molar-refractivity contribution is -0.138. The Balaban J connectivity index is 0.000000440. The first kappa shape index (κ1) is 108. The van der Waals surface area contributed by atoms with Crippen molar-refractivity contribution in [1.82, 2.24) is 82.4 Å². The third kappa shape index (κ3) is 52.0. The summed E-state index contributed by atoms with van der Waals surface area (Å²) in [7, 11) is 6.18. The Morgan fingerprint density at radius 3 is 1.36 bits per heavy atom. The van der Waals surface area contributed by atoms with Crippen molar-refractivity contribution in [3.8, 4) is 0 Å². The summed E-state index contributed by atoms with van der Waals surface area (Å²) < 4.78 is 80.8. The van der Waals surface area contributed by atoms with Crippen LogP contribution in [-0.4, -0.2) is 282 Å². The fourth-order valence-electron chi connectivity index (χ4n) is 12.6. The number of carboxylic acid groups (broad SMARTS) is 1. The number of nitrogens with zero attached hydrogens (tertiary/aromatic N) is 16. The monoisotopic (exact) mass is 1720 g/mol. The quantitative estimate of drug-likeness (QED) is 0.134. The van der Waals surface area contributed by atoms with Crippen LogP contribution in [-0.2, 0) is 71.9 Å². The Kier molecular flexibility index (Phi) is 53.2. The van der Waals surface area contributed by atoms with Crippen LogP contribution in [0.15, 0.2) is 72.6 Å². The first-order valence-corrected chi connectivity index (χ1v) is 46.3. The molecule has 33 heteroatoms. The highest BCUT2D eigenvalue weighted by Gasteiger charge is 2.28. The van der Waals surface area contributed by atoms with Crippen molar-refractivity contribution in [2.45, 2.75) is 205 Å². The number of sulfonamides is 1. The zero-order chi connectivity index (χ0) is 89.3. The number of carbonyl (C=O) groups excluding carboxylic acids is 3. The number of H-pyrrole nitrogens is 1. The van der Waals surface area contributed by atoms with Gasteiger partial charge in [-0.05, 0) is 219 Å². The van der Waals surface area contributed by atoms with E-state index in [9.17, 15) is 40.4 Å². The second-order valence-corrected chi connectivity index (χ2v) is 38.2. The summed E-state index contributed by atoms with van der Waals surface area (Å²) in [5.41, 5.74) is 4.59. The molecule has 0 aromatic carbocycles. The SMILES string of the molecule is CC1(F)CCOCC1.CC1CCN(C(=O)CN(C)C)CC1.CC1CCN(C(=O)CO)CC1.CC1CCN(C(=O)c2ncco2)CC1.CC1CCN(CC(=O)O)CC1.CC1CCN(S(C)(=O)=O)CC1.CC1CCOCC1.CC1CCS(=O)(=O)CC1.Cc1ccn(C)n1.Cc1ccn[nH]1.Cc1cn(C)c(C)n1.Cc1cn(C)cn1.Cc1cncn1C. The summed E-state index contributed by atoms with van der Waals surface area (Å²) in [5.74, 6) is 6.71. The molecule has 0 radical (unpaired) electrons. The van der Waals surface area contributed by atoms with Crippen LogP contribution in [0, 0.1) is 83.0 Å². The molecule has 0 aliphatic carbocycles. The number of piperidine rings is 5. The number of carbonyl (C=O) groups is 4. The number of hydrogen-bond donors (Lipinski definition) is 3. The highest BCUT2D eigenvalue weighted by molar-refractivity contribution is 7.91. The molecule has 3 amide bonds. The molecule has 8 aliphatic heterocycles. The van der Waals surface area contributed by atoms with Gasteiger partial charge in [0.05, 0.1) is 66.8 Å². The van der Waals surface area contributed by atoms with E-state index in [1.54, 1.807) is 39.7 Å².